The summed E-state index contributed by atoms with van der Waals surface area (Å²) in [5.74, 6) is -1.16. The minimum Gasteiger partial charge on any atom is -0.481 e. The first-order chi connectivity index (χ1) is 9.61. The van der Waals surface area contributed by atoms with Gasteiger partial charge in [0.1, 0.15) is 0 Å². The number of carbonyl (C=O) groups is 1. The topological polar surface area (TPSA) is 42.2 Å². The van der Waals surface area contributed by atoms with Gasteiger partial charge in [-0.1, -0.05) is 39.5 Å². The zero-order chi connectivity index (χ0) is 15.0. The Balaban J connectivity index is 2.84. The third-order valence-electron chi connectivity index (χ3n) is 3.94. The number of aromatic nitrogens is 1. The van der Waals surface area contributed by atoms with E-state index in [4.69, 9.17) is 0 Å². The third kappa shape index (κ3) is 4.69. The van der Waals surface area contributed by atoms with Crippen LogP contribution in [0, 0.1) is 0 Å². The summed E-state index contributed by atoms with van der Waals surface area (Å²) >= 11 is 0. The highest BCUT2D eigenvalue weighted by Crippen LogP contribution is 2.22. The summed E-state index contributed by atoms with van der Waals surface area (Å²) in [5.41, 5.74) is 2.26. The monoisotopic (exact) mass is 279 g/mol. The van der Waals surface area contributed by atoms with Crippen LogP contribution in [0.4, 0.5) is 0 Å². The number of rotatable bonds is 10. The van der Waals surface area contributed by atoms with Crippen molar-refractivity contribution < 1.29 is 9.90 Å². The molecule has 20 heavy (non-hydrogen) atoms. The van der Waals surface area contributed by atoms with Crippen LogP contribution in [0.1, 0.15) is 76.6 Å². The first kappa shape index (κ1) is 16.8. The highest BCUT2D eigenvalue weighted by atomic mass is 16.4. The third-order valence-corrected chi connectivity index (χ3v) is 3.94. The van der Waals surface area contributed by atoms with Gasteiger partial charge in [0.15, 0.2) is 0 Å². The van der Waals surface area contributed by atoms with Crippen LogP contribution in [0.2, 0.25) is 0 Å². The number of aliphatic carboxylic acids is 1. The largest absolute Gasteiger partial charge is 0.481 e. The Morgan fingerprint density at radius 1 is 1.15 bits per heavy atom. The predicted molar refractivity (Wildman–Crippen MR) is 83.2 cm³/mol. The van der Waals surface area contributed by atoms with Crippen molar-refractivity contribution in [2.75, 3.05) is 0 Å². The molecular weight excluding hydrogens is 250 g/mol. The van der Waals surface area contributed by atoms with Gasteiger partial charge in [0.2, 0.25) is 0 Å². The molecule has 0 aliphatic heterocycles. The second-order valence-corrected chi connectivity index (χ2v) is 5.63. The lowest BCUT2D eigenvalue weighted by atomic mass is 10.1. The van der Waals surface area contributed by atoms with Gasteiger partial charge in [-0.25, -0.2) is 0 Å². The van der Waals surface area contributed by atoms with Crippen LogP contribution in [-0.2, 0) is 17.8 Å². The standard InChI is InChI=1S/C17H29NO2/c1-4-6-8-10-15-11-12-16(14(3)17(19)20)18(15)13-9-7-5-2/h11-12,14H,4-10,13H2,1-3H3,(H,19,20). The molecule has 0 saturated carbocycles. The van der Waals surface area contributed by atoms with Crippen molar-refractivity contribution in [3.8, 4) is 0 Å². The molecule has 1 heterocycles. The van der Waals surface area contributed by atoms with Crippen molar-refractivity contribution in [2.45, 2.75) is 78.2 Å². The van der Waals surface area contributed by atoms with Crippen LogP contribution in [0.3, 0.4) is 0 Å². The van der Waals surface area contributed by atoms with Gasteiger partial charge < -0.3 is 9.67 Å². The quantitative estimate of drug-likeness (QED) is 0.636. The van der Waals surface area contributed by atoms with E-state index >= 15 is 0 Å². The first-order valence-corrected chi connectivity index (χ1v) is 8.02. The molecule has 0 aliphatic rings. The average Bonchev–Trinajstić information content (AvgIpc) is 2.82. The van der Waals surface area contributed by atoms with E-state index in [2.05, 4.69) is 24.5 Å². The zero-order valence-corrected chi connectivity index (χ0v) is 13.2. The van der Waals surface area contributed by atoms with E-state index in [-0.39, 0.29) is 0 Å². The molecule has 1 rings (SSSR count). The molecule has 114 valence electrons. The average molecular weight is 279 g/mol. The molecule has 1 N–H and O–H groups in total. The van der Waals surface area contributed by atoms with Gasteiger partial charge in [-0.15, -0.1) is 0 Å². The fourth-order valence-electron chi connectivity index (χ4n) is 2.60. The molecule has 0 bridgehead atoms. The Morgan fingerprint density at radius 3 is 2.40 bits per heavy atom. The van der Waals surface area contributed by atoms with Crippen molar-refractivity contribution in [1.29, 1.82) is 0 Å². The normalized spacial score (nSPS) is 12.6. The van der Waals surface area contributed by atoms with Crippen molar-refractivity contribution in [1.82, 2.24) is 4.57 Å². The lowest BCUT2D eigenvalue weighted by molar-refractivity contribution is -0.138. The van der Waals surface area contributed by atoms with E-state index in [9.17, 15) is 9.90 Å². The Kier molecular flexibility index (Phi) is 7.42. The Hall–Kier alpha value is -1.25. The Labute approximate surface area is 123 Å². The molecule has 1 unspecified atom stereocenters. The van der Waals surface area contributed by atoms with E-state index in [0.29, 0.717) is 0 Å². The van der Waals surface area contributed by atoms with Crippen LogP contribution < -0.4 is 0 Å². The van der Waals surface area contributed by atoms with Crippen molar-refractivity contribution in [2.24, 2.45) is 0 Å². The number of unbranched alkanes of at least 4 members (excludes halogenated alkanes) is 4. The minimum atomic E-state index is -0.736. The molecule has 0 saturated heterocycles. The van der Waals surface area contributed by atoms with E-state index < -0.39 is 11.9 Å². The number of carboxylic acid groups (broad SMARTS) is 1. The first-order valence-electron chi connectivity index (χ1n) is 8.02. The summed E-state index contributed by atoms with van der Waals surface area (Å²) in [6.07, 6.45) is 8.23. The van der Waals surface area contributed by atoms with Gasteiger partial charge in [0, 0.05) is 17.9 Å². The molecule has 0 spiro atoms. The maximum absolute atomic E-state index is 11.2. The number of hydrogen-bond donors (Lipinski definition) is 1. The summed E-state index contributed by atoms with van der Waals surface area (Å²) < 4.78 is 2.25. The summed E-state index contributed by atoms with van der Waals surface area (Å²) in [6, 6.07) is 4.13. The molecule has 0 fully saturated rings. The number of aryl methyl sites for hydroxylation is 1. The number of nitrogens with zero attached hydrogens (tertiary/aromatic N) is 1. The SMILES string of the molecule is CCCCCc1ccc(C(C)C(=O)O)n1CCCCC. The highest BCUT2D eigenvalue weighted by Gasteiger charge is 2.19. The highest BCUT2D eigenvalue weighted by molar-refractivity contribution is 5.75. The zero-order valence-electron chi connectivity index (χ0n) is 13.2. The van der Waals surface area contributed by atoms with Crippen molar-refractivity contribution in [3.05, 3.63) is 23.5 Å². The summed E-state index contributed by atoms with van der Waals surface area (Å²) in [5, 5.41) is 9.24. The second kappa shape index (κ2) is 8.83. The van der Waals surface area contributed by atoms with Gasteiger partial charge in [-0.05, 0) is 38.3 Å². The molecule has 3 heteroatoms. The van der Waals surface area contributed by atoms with Gasteiger partial charge in [-0.3, -0.25) is 4.79 Å². The molecule has 0 radical (unpaired) electrons. The fourth-order valence-corrected chi connectivity index (χ4v) is 2.60. The summed E-state index contributed by atoms with van der Waals surface area (Å²) in [7, 11) is 0. The number of carboxylic acids is 1. The Morgan fingerprint density at radius 2 is 1.80 bits per heavy atom. The van der Waals surface area contributed by atoms with Gasteiger partial charge in [0.25, 0.3) is 0 Å². The minimum absolute atomic E-state index is 0.420. The smallest absolute Gasteiger partial charge is 0.312 e. The maximum atomic E-state index is 11.2. The molecule has 1 aromatic heterocycles. The predicted octanol–water partition coefficient (Wildman–Crippen LogP) is 4.60. The van der Waals surface area contributed by atoms with E-state index in [1.165, 1.54) is 37.8 Å². The van der Waals surface area contributed by atoms with Crippen LogP contribution in [0.15, 0.2) is 12.1 Å². The van der Waals surface area contributed by atoms with Crippen molar-refractivity contribution >= 4 is 5.97 Å². The van der Waals surface area contributed by atoms with Crippen molar-refractivity contribution in [3.63, 3.8) is 0 Å². The Bertz CT molecular complexity index is 409. The van der Waals surface area contributed by atoms with E-state index in [1.54, 1.807) is 6.92 Å². The van der Waals surface area contributed by atoms with Gasteiger partial charge >= 0.3 is 5.97 Å². The molecule has 1 aromatic rings. The van der Waals surface area contributed by atoms with Crippen LogP contribution in [0.5, 0.6) is 0 Å². The van der Waals surface area contributed by atoms with Crippen LogP contribution in [0.25, 0.3) is 0 Å². The summed E-state index contributed by atoms with van der Waals surface area (Å²) in [6.45, 7) is 7.13. The molecule has 0 aromatic carbocycles. The molecule has 0 amide bonds. The molecule has 0 aliphatic carbocycles. The fraction of sp³-hybridized carbons (Fsp3) is 0.706. The van der Waals surface area contributed by atoms with E-state index in [1.807, 2.05) is 6.07 Å². The molecule has 3 nitrogen and oxygen atoms in total. The van der Waals surface area contributed by atoms with Gasteiger partial charge in [0.05, 0.1) is 5.92 Å². The number of hydrogen-bond acceptors (Lipinski definition) is 1. The molecule has 1 atom stereocenters. The lowest BCUT2D eigenvalue weighted by Crippen LogP contribution is -2.15. The lowest BCUT2D eigenvalue weighted by Gasteiger charge is -2.16. The van der Waals surface area contributed by atoms with Gasteiger partial charge in [-0.2, -0.15) is 0 Å². The second-order valence-electron chi connectivity index (χ2n) is 5.63. The maximum Gasteiger partial charge on any atom is 0.312 e. The molecular formula is C17H29NO2. The summed E-state index contributed by atoms with van der Waals surface area (Å²) in [4.78, 5) is 11.2. The van der Waals surface area contributed by atoms with Crippen LogP contribution in [-0.4, -0.2) is 15.6 Å². The van der Waals surface area contributed by atoms with E-state index in [0.717, 1.165) is 25.1 Å². The van der Waals surface area contributed by atoms with Crippen LogP contribution >= 0.6 is 0 Å².